The van der Waals surface area contributed by atoms with Gasteiger partial charge in [-0.3, -0.25) is 9.59 Å². The Morgan fingerprint density at radius 3 is 2.31 bits per heavy atom. The molecule has 5 nitrogen and oxygen atoms in total. The van der Waals surface area contributed by atoms with Crippen molar-refractivity contribution in [2.24, 2.45) is 0 Å². The molecule has 0 spiro atoms. The number of rotatable bonds is 3. The highest BCUT2D eigenvalue weighted by molar-refractivity contribution is 7.85. The van der Waals surface area contributed by atoms with Gasteiger partial charge >= 0.3 is 0 Å². The fraction of sp³-hybridized carbons (Fsp3) is 0.103. The first-order valence-corrected chi connectivity index (χ1v) is 13.1. The van der Waals surface area contributed by atoms with Crippen molar-refractivity contribution in [2.75, 3.05) is 4.90 Å². The molecule has 1 atom stereocenters. The number of benzene rings is 4. The molecule has 2 amide bonds. The van der Waals surface area contributed by atoms with E-state index in [1.807, 2.05) is 36.4 Å². The third-order valence-corrected chi connectivity index (χ3v) is 8.35. The Labute approximate surface area is 216 Å². The van der Waals surface area contributed by atoms with Crippen molar-refractivity contribution in [3.8, 4) is 0 Å². The fourth-order valence-electron chi connectivity index (χ4n) is 4.83. The van der Waals surface area contributed by atoms with Crippen LogP contribution in [0, 0.1) is 0 Å². The molecule has 2 heterocycles. The summed E-state index contributed by atoms with van der Waals surface area (Å²) >= 11 is 6.21. The van der Waals surface area contributed by atoms with Crippen molar-refractivity contribution < 1.29 is 13.8 Å². The number of amides is 2. The van der Waals surface area contributed by atoms with Crippen LogP contribution in [-0.2, 0) is 30.4 Å². The molecule has 0 bridgehead atoms. The molecule has 0 saturated heterocycles. The molecule has 0 saturated carbocycles. The summed E-state index contributed by atoms with van der Waals surface area (Å²) in [6.45, 7) is 1.30. The molecule has 7 heteroatoms. The molecule has 2 aliphatic heterocycles. The maximum atomic E-state index is 13.8. The zero-order valence-corrected chi connectivity index (χ0v) is 20.8. The Balaban J connectivity index is 1.43. The lowest BCUT2D eigenvalue weighted by Crippen LogP contribution is -2.31. The molecule has 4 aromatic carbocycles. The smallest absolute Gasteiger partial charge is 0.259 e. The van der Waals surface area contributed by atoms with Gasteiger partial charge in [0.05, 0.1) is 38.4 Å². The highest BCUT2D eigenvalue weighted by atomic mass is 35.5. The summed E-state index contributed by atoms with van der Waals surface area (Å²) in [7, 11) is -1.58. The minimum absolute atomic E-state index is 0.128. The topological polar surface area (TPSA) is 57.7 Å². The van der Waals surface area contributed by atoms with Crippen LogP contribution in [0.4, 0.5) is 5.69 Å². The van der Waals surface area contributed by atoms with Gasteiger partial charge in [-0.25, -0.2) is 4.21 Å². The SMILES string of the molecule is O=C(c1ccc2c(c1)N(Cc1cccc(Cl)c1)C(=O)c1ccccc1S2=O)N1Cc2ccccc2C1. The van der Waals surface area contributed by atoms with Gasteiger partial charge in [0.15, 0.2) is 0 Å². The highest BCUT2D eigenvalue weighted by Gasteiger charge is 2.32. The molecule has 6 rings (SSSR count). The van der Waals surface area contributed by atoms with Crippen molar-refractivity contribution in [2.45, 2.75) is 29.4 Å². The van der Waals surface area contributed by atoms with Gasteiger partial charge < -0.3 is 9.80 Å². The van der Waals surface area contributed by atoms with E-state index in [-0.39, 0.29) is 18.4 Å². The third-order valence-electron chi connectivity index (χ3n) is 6.62. The highest BCUT2D eigenvalue weighted by Crippen LogP contribution is 2.37. The number of carbonyl (C=O) groups is 2. The number of nitrogens with zero attached hydrogens (tertiary/aromatic N) is 2. The molecule has 1 unspecified atom stereocenters. The van der Waals surface area contributed by atoms with Gasteiger partial charge in [0, 0.05) is 23.7 Å². The maximum absolute atomic E-state index is 13.8. The van der Waals surface area contributed by atoms with Gasteiger partial charge in [-0.05, 0) is 59.2 Å². The normalized spacial score (nSPS) is 16.2. The van der Waals surface area contributed by atoms with Crippen molar-refractivity contribution >= 4 is 39.9 Å². The lowest BCUT2D eigenvalue weighted by Gasteiger charge is -2.24. The lowest BCUT2D eigenvalue weighted by atomic mass is 10.1. The van der Waals surface area contributed by atoms with Crippen LogP contribution < -0.4 is 4.90 Å². The molecule has 0 aliphatic carbocycles. The standard InChI is InChI=1S/C29H21ClN2O3S/c30-23-9-5-6-19(14-23)16-32-25-15-20(28(33)31-17-21-7-1-2-8-22(21)18-31)12-13-27(25)36(35)26-11-4-3-10-24(26)29(32)34/h1-15H,16-18H2. The van der Waals surface area contributed by atoms with Gasteiger partial charge in [-0.15, -0.1) is 0 Å². The molecule has 2 aliphatic rings. The van der Waals surface area contributed by atoms with Crippen LogP contribution in [0.3, 0.4) is 0 Å². The largest absolute Gasteiger partial charge is 0.330 e. The minimum atomic E-state index is -1.58. The number of anilines is 1. The van der Waals surface area contributed by atoms with Gasteiger partial charge in [0.25, 0.3) is 11.8 Å². The molecule has 0 N–H and O–H groups in total. The van der Waals surface area contributed by atoms with Gasteiger partial charge in [-0.2, -0.15) is 0 Å². The Kier molecular flexibility index (Phi) is 5.70. The van der Waals surface area contributed by atoms with Crippen LogP contribution >= 0.6 is 11.6 Å². The van der Waals surface area contributed by atoms with E-state index in [1.54, 1.807) is 64.4 Å². The molecule has 178 valence electrons. The molecular weight excluding hydrogens is 492 g/mol. The summed E-state index contributed by atoms with van der Waals surface area (Å²) in [5, 5.41) is 0.566. The summed E-state index contributed by atoms with van der Waals surface area (Å²) in [4.78, 5) is 31.6. The van der Waals surface area contributed by atoms with Gasteiger partial charge in [0.2, 0.25) is 0 Å². The van der Waals surface area contributed by atoms with E-state index in [4.69, 9.17) is 11.6 Å². The summed E-state index contributed by atoms with van der Waals surface area (Å²) < 4.78 is 13.6. The van der Waals surface area contributed by atoms with E-state index in [0.717, 1.165) is 16.7 Å². The van der Waals surface area contributed by atoms with E-state index in [0.29, 0.717) is 44.7 Å². The van der Waals surface area contributed by atoms with Crippen molar-refractivity contribution in [1.82, 2.24) is 4.90 Å². The predicted octanol–water partition coefficient (Wildman–Crippen LogP) is 5.82. The zero-order chi connectivity index (χ0) is 24.8. The first-order chi connectivity index (χ1) is 17.5. The molecule has 0 aromatic heterocycles. The second-order valence-corrected chi connectivity index (χ2v) is 10.8. The summed E-state index contributed by atoms with van der Waals surface area (Å²) in [6, 6.07) is 27.4. The van der Waals surface area contributed by atoms with Gasteiger partial charge in [-0.1, -0.05) is 60.1 Å². The van der Waals surface area contributed by atoms with Crippen LogP contribution in [0.5, 0.6) is 0 Å². The van der Waals surface area contributed by atoms with Crippen molar-refractivity contribution in [3.05, 3.63) is 124 Å². The number of halogens is 1. The van der Waals surface area contributed by atoms with Gasteiger partial charge in [0.1, 0.15) is 0 Å². The average Bonchev–Trinajstić information content (AvgIpc) is 3.32. The second kappa shape index (κ2) is 9.04. The third kappa shape index (κ3) is 3.92. The number of hydrogen-bond acceptors (Lipinski definition) is 3. The Hall–Kier alpha value is -3.74. The van der Waals surface area contributed by atoms with Crippen LogP contribution in [-0.4, -0.2) is 20.9 Å². The fourth-order valence-corrected chi connectivity index (χ4v) is 6.39. The molecule has 36 heavy (non-hydrogen) atoms. The number of hydrogen-bond donors (Lipinski definition) is 0. The molecule has 0 fully saturated rings. The summed E-state index contributed by atoms with van der Waals surface area (Å²) in [5.74, 6) is -0.396. The molecular formula is C29H21ClN2O3S. The number of fused-ring (bicyclic) bond motifs is 3. The quantitative estimate of drug-likeness (QED) is 0.347. The first kappa shape index (κ1) is 22.7. The summed E-state index contributed by atoms with van der Waals surface area (Å²) in [6.07, 6.45) is 0. The average molecular weight is 513 g/mol. The van der Waals surface area contributed by atoms with E-state index in [2.05, 4.69) is 0 Å². The second-order valence-electron chi connectivity index (χ2n) is 8.90. The van der Waals surface area contributed by atoms with E-state index < -0.39 is 10.8 Å². The first-order valence-electron chi connectivity index (χ1n) is 11.6. The van der Waals surface area contributed by atoms with E-state index >= 15 is 0 Å². The summed E-state index contributed by atoms with van der Waals surface area (Å²) in [5.41, 5.74) is 4.41. The Morgan fingerprint density at radius 2 is 1.56 bits per heavy atom. The molecule has 4 aromatic rings. The minimum Gasteiger partial charge on any atom is -0.330 e. The Morgan fingerprint density at radius 1 is 0.833 bits per heavy atom. The van der Waals surface area contributed by atoms with Crippen LogP contribution in [0.25, 0.3) is 0 Å². The molecule has 0 radical (unpaired) electrons. The van der Waals surface area contributed by atoms with Crippen molar-refractivity contribution in [3.63, 3.8) is 0 Å². The predicted molar refractivity (Wildman–Crippen MR) is 140 cm³/mol. The van der Waals surface area contributed by atoms with Crippen LogP contribution in [0.15, 0.2) is 101 Å². The number of carbonyl (C=O) groups excluding carboxylic acids is 2. The Bertz CT molecular complexity index is 1540. The lowest BCUT2D eigenvalue weighted by molar-refractivity contribution is 0.0751. The monoisotopic (exact) mass is 512 g/mol. The van der Waals surface area contributed by atoms with E-state index in [1.165, 1.54) is 0 Å². The van der Waals surface area contributed by atoms with Crippen LogP contribution in [0.2, 0.25) is 5.02 Å². The van der Waals surface area contributed by atoms with E-state index in [9.17, 15) is 13.8 Å². The van der Waals surface area contributed by atoms with Crippen LogP contribution in [0.1, 0.15) is 37.4 Å². The van der Waals surface area contributed by atoms with Crippen molar-refractivity contribution in [1.29, 1.82) is 0 Å². The zero-order valence-electron chi connectivity index (χ0n) is 19.2. The maximum Gasteiger partial charge on any atom is 0.259 e.